The first kappa shape index (κ1) is 20.4. The molecule has 0 spiro atoms. The Morgan fingerprint density at radius 1 is 1.07 bits per heavy atom. The van der Waals surface area contributed by atoms with Gasteiger partial charge in [-0.05, 0) is 51.0 Å². The predicted octanol–water partition coefficient (Wildman–Crippen LogP) is 2.48. The number of nitrogens with zero attached hydrogens (tertiary/aromatic N) is 1. The van der Waals surface area contributed by atoms with Gasteiger partial charge in [-0.15, -0.1) is 0 Å². The van der Waals surface area contributed by atoms with Crippen LogP contribution in [0.5, 0.6) is 5.75 Å². The van der Waals surface area contributed by atoms with E-state index in [1.165, 1.54) is 4.90 Å². The van der Waals surface area contributed by atoms with Gasteiger partial charge in [0.25, 0.3) is 5.91 Å². The third-order valence-electron chi connectivity index (χ3n) is 4.76. The van der Waals surface area contributed by atoms with Gasteiger partial charge in [0, 0.05) is 5.69 Å². The number of ether oxygens (including phenoxy) is 1. The Labute approximate surface area is 170 Å². The molecule has 7 heteroatoms. The molecule has 2 aromatic rings. The van der Waals surface area contributed by atoms with Gasteiger partial charge in [-0.3, -0.25) is 19.3 Å². The predicted molar refractivity (Wildman–Crippen MR) is 111 cm³/mol. The lowest BCUT2D eigenvalue weighted by Crippen LogP contribution is -2.49. The first-order chi connectivity index (χ1) is 13.8. The largest absolute Gasteiger partial charge is 0.479 e. The number of para-hydroxylation sites is 2. The molecule has 1 aliphatic heterocycles. The van der Waals surface area contributed by atoms with Gasteiger partial charge in [0.15, 0.2) is 6.10 Å². The number of carbonyl (C=O) groups excluding carboxylic acids is 3. The van der Waals surface area contributed by atoms with Crippen molar-refractivity contribution >= 4 is 29.1 Å². The minimum atomic E-state index is -0.673. The van der Waals surface area contributed by atoms with E-state index in [-0.39, 0.29) is 24.9 Å². The lowest BCUT2D eigenvalue weighted by molar-refractivity contribution is -0.128. The third kappa shape index (κ3) is 4.56. The minimum Gasteiger partial charge on any atom is -0.479 e. The van der Waals surface area contributed by atoms with Crippen molar-refractivity contribution in [2.24, 2.45) is 0 Å². The van der Waals surface area contributed by atoms with E-state index in [9.17, 15) is 14.4 Å². The van der Waals surface area contributed by atoms with Gasteiger partial charge in [0.2, 0.25) is 11.8 Å². The topological polar surface area (TPSA) is 87.7 Å². The van der Waals surface area contributed by atoms with E-state index in [4.69, 9.17) is 4.74 Å². The lowest BCUT2D eigenvalue weighted by atomic mass is 10.1. The minimum absolute atomic E-state index is 0.179. The molecule has 0 radical (unpaired) electrons. The van der Waals surface area contributed by atoms with E-state index >= 15 is 0 Å². The maximum Gasteiger partial charge on any atom is 0.268 e. The molecule has 0 aliphatic carbocycles. The second kappa shape index (κ2) is 8.34. The molecule has 152 valence electrons. The summed E-state index contributed by atoms with van der Waals surface area (Å²) in [5.74, 6) is -0.491. The summed E-state index contributed by atoms with van der Waals surface area (Å²) in [6.45, 7) is 7.13. The molecule has 29 heavy (non-hydrogen) atoms. The average Bonchev–Trinajstić information content (AvgIpc) is 2.66. The fourth-order valence-corrected chi connectivity index (χ4v) is 3.46. The van der Waals surface area contributed by atoms with Crippen LogP contribution in [0.3, 0.4) is 0 Å². The van der Waals surface area contributed by atoms with Gasteiger partial charge in [-0.1, -0.05) is 29.8 Å². The van der Waals surface area contributed by atoms with Crippen LogP contribution in [0, 0.1) is 20.8 Å². The maximum absolute atomic E-state index is 12.4. The van der Waals surface area contributed by atoms with Crippen LogP contribution >= 0.6 is 0 Å². The molecule has 3 amide bonds. The molecule has 7 nitrogen and oxygen atoms in total. The van der Waals surface area contributed by atoms with Crippen LogP contribution in [0.15, 0.2) is 36.4 Å². The normalized spacial score (nSPS) is 15.4. The van der Waals surface area contributed by atoms with Crippen LogP contribution < -0.4 is 20.3 Å². The van der Waals surface area contributed by atoms with Crippen molar-refractivity contribution in [1.29, 1.82) is 0 Å². The second-order valence-electron chi connectivity index (χ2n) is 7.25. The fraction of sp³-hybridized carbons (Fsp3) is 0.318. The third-order valence-corrected chi connectivity index (χ3v) is 4.76. The number of nitrogens with one attached hydrogen (secondary N) is 2. The standard InChI is InChI=1S/C22H25N3O4/c1-13-9-14(2)21(15(3)10-13)24-19(26)11-23-20(27)12-25-17-7-5-6-8-18(17)29-16(4)22(25)28/h5-10,16H,11-12H2,1-4H3,(H,23,27)(H,24,26)/t16-/m1/s1. The molecule has 1 aliphatic rings. The number of benzene rings is 2. The molecule has 2 aromatic carbocycles. The molecule has 3 rings (SSSR count). The van der Waals surface area contributed by atoms with Crippen molar-refractivity contribution in [1.82, 2.24) is 5.32 Å². The zero-order valence-corrected chi connectivity index (χ0v) is 17.0. The molecule has 0 unspecified atom stereocenters. The Bertz CT molecular complexity index is 947. The van der Waals surface area contributed by atoms with Crippen LogP contribution in [0.2, 0.25) is 0 Å². The van der Waals surface area contributed by atoms with Crippen molar-refractivity contribution in [3.8, 4) is 5.75 Å². The van der Waals surface area contributed by atoms with Gasteiger partial charge in [-0.25, -0.2) is 0 Å². The molecule has 0 bridgehead atoms. The highest BCUT2D eigenvalue weighted by molar-refractivity contribution is 6.04. The highest BCUT2D eigenvalue weighted by Gasteiger charge is 2.32. The van der Waals surface area contributed by atoms with Gasteiger partial charge in [0.05, 0.1) is 12.2 Å². The summed E-state index contributed by atoms with van der Waals surface area (Å²) in [6.07, 6.45) is -0.673. The van der Waals surface area contributed by atoms with Gasteiger partial charge in [-0.2, -0.15) is 0 Å². The number of rotatable bonds is 5. The van der Waals surface area contributed by atoms with Crippen molar-refractivity contribution in [2.75, 3.05) is 23.3 Å². The number of carbonyl (C=O) groups is 3. The van der Waals surface area contributed by atoms with Crippen molar-refractivity contribution < 1.29 is 19.1 Å². The number of hydrogen-bond acceptors (Lipinski definition) is 4. The molecule has 2 N–H and O–H groups in total. The number of aryl methyl sites for hydroxylation is 3. The van der Waals surface area contributed by atoms with Crippen LogP contribution in [-0.4, -0.2) is 36.9 Å². The molecular weight excluding hydrogens is 370 g/mol. The Morgan fingerprint density at radius 3 is 2.41 bits per heavy atom. The number of anilines is 2. The first-order valence-corrected chi connectivity index (χ1v) is 9.47. The second-order valence-corrected chi connectivity index (χ2v) is 7.25. The van der Waals surface area contributed by atoms with E-state index in [0.717, 1.165) is 22.4 Å². The number of hydrogen-bond donors (Lipinski definition) is 2. The van der Waals surface area contributed by atoms with E-state index in [0.29, 0.717) is 11.4 Å². The van der Waals surface area contributed by atoms with Crippen molar-refractivity contribution in [3.63, 3.8) is 0 Å². The van der Waals surface area contributed by atoms with Crippen LogP contribution in [0.1, 0.15) is 23.6 Å². The lowest BCUT2D eigenvalue weighted by Gasteiger charge is -2.32. The highest BCUT2D eigenvalue weighted by atomic mass is 16.5. The Hall–Kier alpha value is -3.35. The monoisotopic (exact) mass is 395 g/mol. The molecule has 0 fully saturated rings. The summed E-state index contributed by atoms with van der Waals surface area (Å²) in [5.41, 5.74) is 4.34. The summed E-state index contributed by atoms with van der Waals surface area (Å²) in [7, 11) is 0. The van der Waals surface area contributed by atoms with Crippen LogP contribution in [-0.2, 0) is 14.4 Å². The summed E-state index contributed by atoms with van der Waals surface area (Å²) in [5, 5.41) is 5.42. The Kier molecular flexibility index (Phi) is 5.87. The van der Waals surface area contributed by atoms with E-state index in [2.05, 4.69) is 10.6 Å². The zero-order valence-electron chi connectivity index (χ0n) is 17.0. The SMILES string of the molecule is Cc1cc(C)c(NC(=O)CNC(=O)CN2C(=O)[C@@H](C)Oc3ccccc32)c(C)c1. The van der Waals surface area contributed by atoms with Crippen LogP contribution in [0.4, 0.5) is 11.4 Å². The van der Waals surface area contributed by atoms with E-state index in [1.54, 1.807) is 31.2 Å². The summed E-state index contributed by atoms with van der Waals surface area (Å²) in [6, 6.07) is 11.0. The summed E-state index contributed by atoms with van der Waals surface area (Å²) in [4.78, 5) is 38.5. The number of amides is 3. The zero-order chi connectivity index (χ0) is 21.1. The van der Waals surface area contributed by atoms with E-state index in [1.807, 2.05) is 32.9 Å². The van der Waals surface area contributed by atoms with Crippen molar-refractivity contribution in [3.05, 3.63) is 53.1 Å². The molecule has 1 atom stereocenters. The van der Waals surface area contributed by atoms with Crippen molar-refractivity contribution in [2.45, 2.75) is 33.8 Å². The Balaban J connectivity index is 1.60. The average molecular weight is 395 g/mol. The summed E-state index contributed by atoms with van der Waals surface area (Å²) >= 11 is 0. The van der Waals surface area contributed by atoms with Gasteiger partial charge in [0.1, 0.15) is 12.3 Å². The molecule has 1 heterocycles. The Morgan fingerprint density at radius 2 is 1.72 bits per heavy atom. The quantitative estimate of drug-likeness (QED) is 0.814. The molecule has 0 aromatic heterocycles. The molecular formula is C22H25N3O4. The smallest absolute Gasteiger partial charge is 0.268 e. The molecule has 0 saturated carbocycles. The van der Waals surface area contributed by atoms with Crippen LogP contribution in [0.25, 0.3) is 0 Å². The first-order valence-electron chi connectivity index (χ1n) is 9.47. The number of fused-ring (bicyclic) bond motifs is 1. The van der Waals surface area contributed by atoms with E-state index < -0.39 is 12.0 Å². The summed E-state index contributed by atoms with van der Waals surface area (Å²) < 4.78 is 5.56. The van der Waals surface area contributed by atoms with Gasteiger partial charge >= 0.3 is 0 Å². The molecule has 0 saturated heterocycles. The van der Waals surface area contributed by atoms with Gasteiger partial charge < -0.3 is 15.4 Å². The highest BCUT2D eigenvalue weighted by Crippen LogP contribution is 2.33. The maximum atomic E-state index is 12.4. The fourth-order valence-electron chi connectivity index (χ4n) is 3.46.